The lowest BCUT2D eigenvalue weighted by molar-refractivity contribution is -0.152. The molecule has 110 valence electrons. The van der Waals surface area contributed by atoms with Crippen molar-refractivity contribution >= 4 is 21.7 Å². The molecule has 1 heterocycles. The van der Waals surface area contributed by atoms with Gasteiger partial charge >= 0.3 is 11.8 Å². The minimum atomic E-state index is -3.09. The van der Waals surface area contributed by atoms with Crippen LogP contribution in [0, 0.1) is 0 Å². The third-order valence-electron chi connectivity index (χ3n) is 3.30. The first-order chi connectivity index (χ1) is 8.82. The molecule has 7 nitrogen and oxygen atoms in total. The molecule has 1 aliphatic heterocycles. The number of rotatable bonds is 4. The zero-order valence-corrected chi connectivity index (χ0v) is 12.0. The Morgan fingerprint density at radius 1 is 1.32 bits per heavy atom. The maximum absolute atomic E-state index is 12.0. The van der Waals surface area contributed by atoms with Gasteiger partial charge in [0.1, 0.15) is 0 Å². The molecule has 1 aliphatic rings. The SMILES string of the molecule is CCN(CCO)C(=O)C(=O)N(C)C1CCS(=O)(=O)C1. The number of sulfone groups is 1. The summed E-state index contributed by atoms with van der Waals surface area (Å²) in [6.07, 6.45) is 0.365. The van der Waals surface area contributed by atoms with Crippen LogP contribution in [-0.2, 0) is 19.4 Å². The largest absolute Gasteiger partial charge is 0.395 e. The summed E-state index contributed by atoms with van der Waals surface area (Å²) in [4.78, 5) is 26.3. The van der Waals surface area contributed by atoms with Gasteiger partial charge in [0.2, 0.25) is 0 Å². The van der Waals surface area contributed by atoms with Crippen LogP contribution < -0.4 is 0 Å². The van der Waals surface area contributed by atoms with Crippen LogP contribution in [0.3, 0.4) is 0 Å². The molecule has 1 N–H and O–H groups in total. The van der Waals surface area contributed by atoms with Crippen molar-refractivity contribution in [3.63, 3.8) is 0 Å². The van der Waals surface area contributed by atoms with Gasteiger partial charge in [-0.25, -0.2) is 8.42 Å². The fourth-order valence-corrected chi connectivity index (χ4v) is 3.83. The van der Waals surface area contributed by atoms with Crippen LogP contribution in [0.1, 0.15) is 13.3 Å². The molecule has 1 rings (SSSR count). The van der Waals surface area contributed by atoms with E-state index < -0.39 is 27.7 Å². The van der Waals surface area contributed by atoms with E-state index in [-0.39, 0.29) is 24.7 Å². The molecule has 1 saturated heterocycles. The van der Waals surface area contributed by atoms with Crippen LogP contribution in [-0.4, -0.2) is 79.4 Å². The van der Waals surface area contributed by atoms with E-state index in [4.69, 9.17) is 5.11 Å². The Morgan fingerprint density at radius 3 is 2.37 bits per heavy atom. The highest BCUT2D eigenvalue weighted by molar-refractivity contribution is 7.91. The first kappa shape index (κ1) is 15.9. The summed E-state index contributed by atoms with van der Waals surface area (Å²) in [6, 6.07) is -0.436. The summed E-state index contributed by atoms with van der Waals surface area (Å²) >= 11 is 0. The Labute approximate surface area is 113 Å². The van der Waals surface area contributed by atoms with E-state index in [1.807, 2.05) is 0 Å². The van der Waals surface area contributed by atoms with E-state index in [9.17, 15) is 18.0 Å². The van der Waals surface area contributed by atoms with Crippen molar-refractivity contribution in [3.8, 4) is 0 Å². The van der Waals surface area contributed by atoms with Gasteiger partial charge in [0.05, 0.1) is 18.1 Å². The number of hydrogen-bond acceptors (Lipinski definition) is 5. The van der Waals surface area contributed by atoms with Crippen LogP contribution in [0.2, 0.25) is 0 Å². The third kappa shape index (κ3) is 3.90. The minimum absolute atomic E-state index is 0.0532. The number of hydrogen-bond donors (Lipinski definition) is 1. The highest BCUT2D eigenvalue weighted by atomic mass is 32.2. The molecular formula is C11H20N2O5S. The second kappa shape index (κ2) is 6.33. The lowest BCUT2D eigenvalue weighted by atomic mass is 10.2. The topological polar surface area (TPSA) is 95.0 Å². The van der Waals surface area contributed by atoms with Crippen molar-refractivity contribution < 1.29 is 23.1 Å². The first-order valence-corrected chi connectivity index (χ1v) is 8.02. The van der Waals surface area contributed by atoms with Crippen LogP contribution in [0.15, 0.2) is 0 Å². The van der Waals surface area contributed by atoms with E-state index in [1.54, 1.807) is 6.92 Å². The molecule has 19 heavy (non-hydrogen) atoms. The molecule has 0 spiro atoms. The van der Waals surface area contributed by atoms with Gasteiger partial charge in [-0.15, -0.1) is 0 Å². The number of nitrogens with zero attached hydrogens (tertiary/aromatic N) is 2. The Morgan fingerprint density at radius 2 is 1.95 bits per heavy atom. The number of aliphatic hydroxyl groups is 1. The molecule has 0 aromatic heterocycles. The van der Waals surface area contributed by atoms with Gasteiger partial charge in [0.15, 0.2) is 9.84 Å². The molecule has 2 amide bonds. The van der Waals surface area contributed by atoms with E-state index in [0.29, 0.717) is 13.0 Å². The van der Waals surface area contributed by atoms with Gasteiger partial charge < -0.3 is 14.9 Å². The summed E-state index contributed by atoms with van der Waals surface area (Å²) in [5, 5.41) is 8.82. The van der Waals surface area contributed by atoms with Crippen LogP contribution in [0.5, 0.6) is 0 Å². The smallest absolute Gasteiger partial charge is 0.312 e. The highest BCUT2D eigenvalue weighted by Gasteiger charge is 2.35. The zero-order chi connectivity index (χ0) is 14.6. The van der Waals surface area contributed by atoms with Crippen molar-refractivity contribution in [3.05, 3.63) is 0 Å². The number of likely N-dealkylation sites (N-methyl/N-ethyl adjacent to an activating group) is 2. The number of aliphatic hydroxyl groups excluding tert-OH is 1. The fraction of sp³-hybridized carbons (Fsp3) is 0.818. The third-order valence-corrected chi connectivity index (χ3v) is 5.05. The van der Waals surface area contributed by atoms with Gasteiger partial charge in [0, 0.05) is 26.2 Å². The molecule has 8 heteroatoms. The van der Waals surface area contributed by atoms with Gasteiger partial charge in [-0.1, -0.05) is 0 Å². The summed E-state index contributed by atoms with van der Waals surface area (Å²) in [7, 11) is -1.65. The predicted molar refractivity (Wildman–Crippen MR) is 69.2 cm³/mol. The summed E-state index contributed by atoms with van der Waals surface area (Å²) in [5.74, 6) is -1.47. The Balaban J connectivity index is 2.69. The summed E-state index contributed by atoms with van der Waals surface area (Å²) in [5.41, 5.74) is 0. The van der Waals surface area contributed by atoms with E-state index in [1.165, 1.54) is 16.8 Å². The normalized spacial score (nSPS) is 21.1. The van der Waals surface area contributed by atoms with Crippen molar-refractivity contribution in [2.24, 2.45) is 0 Å². The average molecular weight is 292 g/mol. The van der Waals surface area contributed by atoms with Gasteiger partial charge in [-0.05, 0) is 13.3 Å². The second-order valence-corrected chi connectivity index (χ2v) is 6.81. The van der Waals surface area contributed by atoms with E-state index >= 15 is 0 Å². The quantitative estimate of drug-likeness (QED) is 0.635. The molecular weight excluding hydrogens is 272 g/mol. The maximum atomic E-state index is 12.0. The Kier molecular flexibility index (Phi) is 5.30. The Bertz CT molecular complexity index is 448. The lowest BCUT2D eigenvalue weighted by Gasteiger charge is -2.26. The number of amides is 2. The molecule has 0 radical (unpaired) electrons. The first-order valence-electron chi connectivity index (χ1n) is 6.19. The van der Waals surface area contributed by atoms with Crippen molar-refractivity contribution in [1.29, 1.82) is 0 Å². The predicted octanol–water partition coefficient (Wildman–Crippen LogP) is -1.53. The zero-order valence-electron chi connectivity index (χ0n) is 11.2. The summed E-state index contributed by atoms with van der Waals surface area (Å²) < 4.78 is 22.7. The van der Waals surface area contributed by atoms with Crippen molar-refractivity contribution in [2.75, 3.05) is 38.2 Å². The van der Waals surface area contributed by atoms with Gasteiger partial charge in [0.25, 0.3) is 0 Å². The molecule has 0 saturated carbocycles. The standard InChI is InChI=1S/C11H20N2O5S/c1-3-13(5-6-14)11(16)10(15)12(2)9-4-7-19(17,18)8-9/h9,14H,3-8H2,1-2H3. The number of carbonyl (C=O) groups excluding carboxylic acids is 2. The molecule has 1 fully saturated rings. The maximum Gasteiger partial charge on any atom is 0.312 e. The average Bonchev–Trinajstić information content (AvgIpc) is 2.73. The van der Waals surface area contributed by atoms with Gasteiger partial charge in [-0.2, -0.15) is 0 Å². The molecule has 0 aromatic rings. The van der Waals surface area contributed by atoms with Crippen LogP contribution in [0.4, 0.5) is 0 Å². The highest BCUT2D eigenvalue weighted by Crippen LogP contribution is 2.16. The van der Waals surface area contributed by atoms with Crippen LogP contribution >= 0.6 is 0 Å². The Hall–Kier alpha value is -1.15. The van der Waals surface area contributed by atoms with Crippen molar-refractivity contribution in [2.45, 2.75) is 19.4 Å². The molecule has 1 atom stereocenters. The minimum Gasteiger partial charge on any atom is -0.395 e. The van der Waals surface area contributed by atoms with E-state index in [0.717, 1.165) is 0 Å². The van der Waals surface area contributed by atoms with Crippen molar-refractivity contribution in [1.82, 2.24) is 9.80 Å². The van der Waals surface area contributed by atoms with Crippen LogP contribution in [0.25, 0.3) is 0 Å². The fourth-order valence-electron chi connectivity index (χ4n) is 2.06. The molecule has 1 unspecified atom stereocenters. The molecule has 0 aliphatic carbocycles. The summed E-state index contributed by atoms with van der Waals surface area (Å²) in [6.45, 7) is 1.91. The van der Waals surface area contributed by atoms with E-state index in [2.05, 4.69) is 0 Å². The second-order valence-electron chi connectivity index (χ2n) is 4.58. The molecule has 0 bridgehead atoms. The lowest BCUT2D eigenvalue weighted by Crippen LogP contribution is -2.48. The van der Waals surface area contributed by atoms with Gasteiger partial charge in [-0.3, -0.25) is 9.59 Å². The molecule has 0 aromatic carbocycles. The monoisotopic (exact) mass is 292 g/mol. The number of carbonyl (C=O) groups is 2.